The maximum absolute atomic E-state index is 13.1. The van der Waals surface area contributed by atoms with E-state index in [0.717, 1.165) is 36.8 Å². The number of amides is 2. The number of hydrogen-bond acceptors (Lipinski definition) is 5. The largest absolute Gasteiger partial charge is 0.508 e. The molecule has 2 aromatic carbocycles. The van der Waals surface area contributed by atoms with Crippen molar-refractivity contribution in [3.63, 3.8) is 0 Å². The van der Waals surface area contributed by atoms with Gasteiger partial charge in [-0.3, -0.25) is 4.79 Å². The number of aromatic hydroxyl groups is 1. The van der Waals surface area contributed by atoms with Crippen LogP contribution in [-0.4, -0.2) is 29.2 Å². The molecular formula is C26H31N3O4. The fourth-order valence-corrected chi connectivity index (χ4v) is 4.16. The molecule has 7 heteroatoms. The van der Waals surface area contributed by atoms with Crippen molar-refractivity contribution in [2.24, 2.45) is 5.92 Å². The van der Waals surface area contributed by atoms with Crippen LogP contribution in [0.1, 0.15) is 49.7 Å². The van der Waals surface area contributed by atoms with Crippen molar-refractivity contribution in [2.75, 3.05) is 0 Å². The Morgan fingerprint density at radius 3 is 2.36 bits per heavy atom. The number of carbonyl (C=O) groups is 2. The third-order valence-electron chi connectivity index (χ3n) is 5.96. The van der Waals surface area contributed by atoms with Crippen molar-refractivity contribution >= 4 is 12.0 Å². The predicted molar refractivity (Wildman–Crippen MR) is 124 cm³/mol. The number of benzene rings is 2. The molecule has 0 aromatic heterocycles. The molecule has 0 unspecified atom stereocenters. The van der Waals surface area contributed by atoms with Gasteiger partial charge in [0.2, 0.25) is 5.91 Å². The molecule has 7 nitrogen and oxygen atoms in total. The van der Waals surface area contributed by atoms with E-state index in [1.165, 1.54) is 6.42 Å². The third-order valence-corrected chi connectivity index (χ3v) is 5.96. The fraction of sp³-hybridized carbons (Fsp3) is 0.423. The van der Waals surface area contributed by atoms with Gasteiger partial charge in [-0.1, -0.05) is 74.6 Å². The zero-order valence-electron chi connectivity index (χ0n) is 18.7. The SMILES string of the molecule is N#C[C@H](Cc1ccc(O)cc1)NC(=O)[C@H](CC1CCCCC1)NC(=O)OCc1ccccc1. The molecule has 3 rings (SSSR count). The van der Waals surface area contributed by atoms with Gasteiger partial charge in [-0.25, -0.2) is 4.79 Å². The van der Waals surface area contributed by atoms with E-state index in [2.05, 4.69) is 16.7 Å². The van der Waals surface area contributed by atoms with Crippen LogP contribution >= 0.6 is 0 Å². The maximum Gasteiger partial charge on any atom is 0.408 e. The number of phenols is 1. The number of nitrogens with one attached hydrogen (secondary N) is 2. The Balaban J connectivity index is 1.60. The molecule has 0 bridgehead atoms. The highest BCUT2D eigenvalue weighted by Gasteiger charge is 2.28. The summed E-state index contributed by atoms with van der Waals surface area (Å²) in [5.41, 5.74) is 1.68. The monoisotopic (exact) mass is 449 g/mol. The number of nitrogens with zero attached hydrogens (tertiary/aromatic N) is 1. The Morgan fingerprint density at radius 1 is 1.00 bits per heavy atom. The van der Waals surface area contributed by atoms with Gasteiger partial charge in [-0.15, -0.1) is 0 Å². The van der Waals surface area contributed by atoms with Gasteiger partial charge in [0, 0.05) is 6.42 Å². The Morgan fingerprint density at radius 2 is 1.70 bits per heavy atom. The first kappa shape index (κ1) is 24.1. The van der Waals surface area contributed by atoms with Crippen LogP contribution in [0.5, 0.6) is 5.75 Å². The van der Waals surface area contributed by atoms with Crippen LogP contribution in [0, 0.1) is 17.2 Å². The molecule has 1 aliphatic carbocycles. The van der Waals surface area contributed by atoms with Gasteiger partial charge in [0.15, 0.2) is 0 Å². The molecule has 2 amide bonds. The van der Waals surface area contributed by atoms with E-state index in [9.17, 15) is 20.0 Å². The van der Waals surface area contributed by atoms with Gasteiger partial charge >= 0.3 is 6.09 Å². The summed E-state index contributed by atoms with van der Waals surface area (Å²) >= 11 is 0. The summed E-state index contributed by atoms with van der Waals surface area (Å²) < 4.78 is 5.32. The quantitative estimate of drug-likeness (QED) is 0.531. The molecule has 0 aliphatic heterocycles. The zero-order chi connectivity index (χ0) is 23.5. The Hall–Kier alpha value is -3.53. The standard InChI is InChI=1S/C26H31N3O4/c27-17-22(15-20-11-13-23(30)14-12-20)28-25(31)24(16-19-7-3-1-4-8-19)29-26(32)33-18-21-9-5-2-6-10-21/h2,5-6,9-14,19,22,24,30H,1,3-4,7-8,15-16,18H2,(H,28,31)(H,29,32)/t22-,24-/m0/s1. The number of carbonyl (C=O) groups excluding carboxylic acids is 2. The number of hydrogen-bond donors (Lipinski definition) is 3. The van der Waals surface area contributed by atoms with Gasteiger partial charge < -0.3 is 20.5 Å². The first-order chi connectivity index (χ1) is 16.0. The van der Waals surface area contributed by atoms with Gasteiger partial charge in [0.25, 0.3) is 0 Å². The Kier molecular flexibility index (Phi) is 9.13. The van der Waals surface area contributed by atoms with Crippen LogP contribution in [0.3, 0.4) is 0 Å². The molecule has 0 radical (unpaired) electrons. The molecule has 0 spiro atoms. The summed E-state index contributed by atoms with van der Waals surface area (Å²) in [4.78, 5) is 25.5. The number of nitriles is 1. The highest BCUT2D eigenvalue weighted by Crippen LogP contribution is 2.27. The van der Waals surface area contributed by atoms with Crippen molar-refractivity contribution in [1.29, 1.82) is 5.26 Å². The molecule has 174 valence electrons. The average molecular weight is 450 g/mol. The lowest BCUT2D eigenvalue weighted by Crippen LogP contribution is -2.50. The van der Waals surface area contributed by atoms with Crippen LogP contribution in [0.4, 0.5) is 4.79 Å². The summed E-state index contributed by atoms with van der Waals surface area (Å²) in [6.45, 7) is 0.117. The van der Waals surface area contributed by atoms with Gasteiger partial charge in [-0.05, 0) is 35.6 Å². The number of ether oxygens (including phenoxy) is 1. The van der Waals surface area contributed by atoms with Crippen molar-refractivity contribution in [3.8, 4) is 11.8 Å². The summed E-state index contributed by atoms with van der Waals surface area (Å²) in [6, 6.07) is 16.4. The maximum atomic E-state index is 13.1. The Bertz CT molecular complexity index is 934. The van der Waals surface area contributed by atoms with Crippen LogP contribution < -0.4 is 10.6 Å². The Labute approximate surface area is 194 Å². The molecule has 3 N–H and O–H groups in total. The van der Waals surface area contributed by atoms with Gasteiger partial charge in [0.1, 0.15) is 24.4 Å². The highest BCUT2D eigenvalue weighted by molar-refractivity contribution is 5.86. The molecule has 0 heterocycles. The second-order valence-electron chi connectivity index (χ2n) is 8.56. The van der Waals surface area contributed by atoms with Gasteiger partial charge in [-0.2, -0.15) is 5.26 Å². The summed E-state index contributed by atoms with van der Waals surface area (Å²) in [5.74, 6) is 0.103. The molecular weight excluding hydrogens is 418 g/mol. The lowest BCUT2D eigenvalue weighted by Gasteiger charge is -2.27. The minimum absolute atomic E-state index is 0.117. The lowest BCUT2D eigenvalue weighted by atomic mass is 9.84. The van der Waals surface area contributed by atoms with E-state index in [1.807, 2.05) is 30.3 Å². The third kappa shape index (κ3) is 8.15. The average Bonchev–Trinajstić information content (AvgIpc) is 2.84. The van der Waals surface area contributed by atoms with E-state index in [0.29, 0.717) is 18.8 Å². The van der Waals surface area contributed by atoms with Gasteiger partial charge in [0.05, 0.1) is 6.07 Å². The van der Waals surface area contributed by atoms with Crippen LogP contribution in [0.25, 0.3) is 0 Å². The highest BCUT2D eigenvalue weighted by atomic mass is 16.5. The number of rotatable bonds is 9. The molecule has 33 heavy (non-hydrogen) atoms. The summed E-state index contributed by atoms with van der Waals surface area (Å²) in [7, 11) is 0. The van der Waals surface area contributed by atoms with Crippen molar-refractivity contribution in [1.82, 2.24) is 10.6 Å². The fourth-order valence-electron chi connectivity index (χ4n) is 4.16. The smallest absolute Gasteiger partial charge is 0.408 e. The molecule has 2 atom stereocenters. The second kappa shape index (κ2) is 12.5. The van der Waals surface area contributed by atoms with Crippen molar-refractivity contribution in [2.45, 2.75) is 63.6 Å². The summed E-state index contributed by atoms with van der Waals surface area (Å²) in [6.07, 6.45) is 5.67. The molecule has 1 saturated carbocycles. The second-order valence-corrected chi connectivity index (χ2v) is 8.56. The first-order valence-corrected chi connectivity index (χ1v) is 11.5. The van der Waals surface area contributed by atoms with E-state index >= 15 is 0 Å². The van der Waals surface area contributed by atoms with Crippen molar-refractivity contribution in [3.05, 3.63) is 65.7 Å². The van der Waals surface area contributed by atoms with Crippen LogP contribution in [-0.2, 0) is 22.6 Å². The molecule has 1 fully saturated rings. The number of phenolic OH excluding ortho intramolecular Hbond substituents is 1. The molecule has 0 saturated heterocycles. The van der Waals surface area contributed by atoms with E-state index < -0.39 is 18.2 Å². The topological polar surface area (TPSA) is 111 Å². The van der Waals surface area contributed by atoms with Crippen LogP contribution in [0.15, 0.2) is 54.6 Å². The molecule has 2 aromatic rings. The van der Waals surface area contributed by atoms with Crippen molar-refractivity contribution < 1.29 is 19.4 Å². The minimum atomic E-state index is -0.771. The molecule has 1 aliphatic rings. The summed E-state index contributed by atoms with van der Waals surface area (Å²) in [5, 5.41) is 24.5. The predicted octanol–water partition coefficient (Wildman–Crippen LogP) is 4.21. The normalized spacial score (nSPS) is 15.6. The number of alkyl carbamates (subject to hydrolysis) is 1. The van der Waals surface area contributed by atoms with E-state index in [4.69, 9.17) is 4.74 Å². The minimum Gasteiger partial charge on any atom is -0.508 e. The van der Waals surface area contributed by atoms with E-state index in [-0.39, 0.29) is 18.3 Å². The van der Waals surface area contributed by atoms with Crippen LogP contribution in [0.2, 0.25) is 0 Å². The first-order valence-electron chi connectivity index (χ1n) is 11.5. The lowest BCUT2D eigenvalue weighted by molar-refractivity contribution is -0.124. The zero-order valence-corrected chi connectivity index (χ0v) is 18.7. The van der Waals surface area contributed by atoms with E-state index in [1.54, 1.807) is 24.3 Å².